The van der Waals surface area contributed by atoms with Crippen molar-refractivity contribution in [1.82, 2.24) is 16.1 Å². The smallest absolute Gasteiger partial charge is 0.247 e. The maximum atomic E-state index is 13.3. The summed E-state index contributed by atoms with van der Waals surface area (Å²) in [5, 5.41) is 18.2. The number of rotatable bonds is 4. The molecule has 0 radical (unpaired) electrons. The second kappa shape index (κ2) is 12.3. The third-order valence-corrected chi connectivity index (χ3v) is 5.79. The maximum absolute atomic E-state index is 13.3. The van der Waals surface area contributed by atoms with Crippen LogP contribution in [-0.4, -0.2) is 42.6 Å². The molecule has 8 heteroatoms. The van der Waals surface area contributed by atoms with Crippen molar-refractivity contribution < 1.29 is 19.6 Å². The first kappa shape index (κ1) is 24.7. The molecule has 0 unspecified atom stereocenters. The summed E-state index contributed by atoms with van der Waals surface area (Å²) in [5.74, 6) is -2.29. The van der Waals surface area contributed by atoms with Gasteiger partial charge in [0.2, 0.25) is 17.7 Å². The molecule has 0 aromatic heterocycles. The standard InChI is InChI=1S/C23H36N4O4/c1-15(2)13-19-18(22(29)27-31)7-5-4-6-12-25-17-10-8-16(9-11-17)14-20(23(30)24-3)26-21(19)28/h8-11,15,18-20,25,31H,4-7,12-14H2,1-3H3,(H,24,30)(H,26,28)(H,27,29)/t18-,19+,20-/m0/s1. The van der Waals surface area contributed by atoms with E-state index in [9.17, 15) is 19.6 Å². The van der Waals surface area contributed by atoms with Gasteiger partial charge in [-0.15, -0.1) is 0 Å². The van der Waals surface area contributed by atoms with Gasteiger partial charge in [0.25, 0.3) is 0 Å². The first-order chi connectivity index (χ1) is 14.8. The lowest BCUT2D eigenvalue weighted by Crippen LogP contribution is -2.51. The lowest BCUT2D eigenvalue weighted by atomic mass is 9.81. The molecule has 2 bridgehead atoms. The number of carbonyl (C=O) groups excluding carboxylic acids is 3. The third-order valence-electron chi connectivity index (χ3n) is 5.79. The van der Waals surface area contributed by atoms with Crippen LogP contribution in [0.1, 0.15) is 51.5 Å². The summed E-state index contributed by atoms with van der Waals surface area (Å²) in [6.45, 7) is 4.79. The molecule has 0 saturated carbocycles. The Hall–Kier alpha value is -2.61. The van der Waals surface area contributed by atoms with E-state index in [-0.39, 0.29) is 17.7 Å². The van der Waals surface area contributed by atoms with Gasteiger partial charge in [-0.1, -0.05) is 38.8 Å². The number of fused-ring (bicyclic) bond motifs is 13. The van der Waals surface area contributed by atoms with Crippen molar-refractivity contribution in [2.24, 2.45) is 17.8 Å². The number of carbonyl (C=O) groups is 3. The topological polar surface area (TPSA) is 120 Å². The highest BCUT2D eigenvalue weighted by atomic mass is 16.5. The number of hydrogen-bond donors (Lipinski definition) is 5. The summed E-state index contributed by atoms with van der Waals surface area (Å²) < 4.78 is 0. The monoisotopic (exact) mass is 432 g/mol. The Morgan fingerprint density at radius 3 is 2.45 bits per heavy atom. The molecule has 2 aliphatic rings. The molecular weight excluding hydrogens is 396 g/mol. The maximum Gasteiger partial charge on any atom is 0.247 e. The van der Waals surface area contributed by atoms with E-state index in [1.165, 1.54) is 7.05 Å². The molecule has 0 fully saturated rings. The van der Waals surface area contributed by atoms with Crippen LogP contribution in [0.3, 0.4) is 0 Å². The Morgan fingerprint density at radius 2 is 1.84 bits per heavy atom. The van der Waals surface area contributed by atoms with Gasteiger partial charge in [0.15, 0.2) is 0 Å². The first-order valence-electron chi connectivity index (χ1n) is 11.1. The fourth-order valence-electron chi connectivity index (χ4n) is 4.12. The Kier molecular flexibility index (Phi) is 9.78. The van der Waals surface area contributed by atoms with Gasteiger partial charge in [0.1, 0.15) is 6.04 Å². The molecular formula is C23H36N4O4. The van der Waals surface area contributed by atoms with E-state index < -0.39 is 23.8 Å². The van der Waals surface area contributed by atoms with Gasteiger partial charge in [-0.3, -0.25) is 19.6 Å². The second-order valence-electron chi connectivity index (χ2n) is 8.67. The Bertz CT molecular complexity index is 736. The molecule has 1 aromatic carbocycles. The minimum atomic E-state index is -0.753. The van der Waals surface area contributed by atoms with Gasteiger partial charge in [0.05, 0.1) is 5.92 Å². The lowest BCUT2D eigenvalue weighted by molar-refractivity contribution is -0.142. The van der Waals surface area contributed by atoms with Crippen LogP contribution < -0.4 is 21.4 Å². The number of nitrogens with one attached hydrogen (secondary N) is 4. The van der Waals surface area contributed by atoms with E-state index in [2.05, 4.69) is 16.0 Å². The minimum Gasteiger partial charge on any atom is -0.385 e. The van der Waals surface area contributed by atoms with Gasteiger partial charge in [-0.2, -0.15) is 0 Å². The van der Waals surface area contributed by atoms with E-state index in [1.807, 2.05) is 38.1 Å². The number of hydroxylamine groups is 1. The molecule has 8 nitrogen and oxygen atoms in total. The summed E-state index contributed by atoms with van der Waals surface area (Å²) >= 11 is 0. The molecule has 2 aliphatic heterocycles. The van der Waals surface area contributed by atoms with Gasteiger partial charge in [-0.05, 0) is 42.9 Å². The van der Waals surface area contributed by atoms with Gasteiger partial charge in [-0.25, -0.2) is 5.48 Å². The number of likely N-dealkylation sites (N-methyl/N-ethyl adjacent to an activating group) is 1. The van der Waals surface area contributed by atoms with Crippen LogP contribution in [0.2, 0.25) is 0 Å². The van der Waals surface area contributed by atoms with Crippen LogP contribution >= 0.6 is 0 Å². The van der Waals surface area contributed by atoms with Crippen molar-refractivity contribution in [3.63, 3.8) is 0 Å². The Morgan fingerprint density at radius 1 is 1.13 bits per heavy atom. The fourth-order valence-corrected chi connectivity index (χ4v) is 4.12. The molecule has 3 atom stereocenters. The van der Waals surface area contributed by atoms with Gasteiger partial charge >= 0.3 is 0 Å². The Balaban J connectivity index is 2.35. The summed E-state index contributed by atoms with van der Waals surface area (Å²) in [6.07, 6.45) is 3.93. The van der Waals surface area contributed by atoms with E-state index in [0.29, 0.717) is 19.3 Å². The molecule has 0 aliphatic carbocycles. The van der Waals surface area contributed by atoms with E-state index in [4.69, 9.17) is 0 Å². The zero-order valence-electron chi connectivity index (χ0n) is 18.7. The van der Waals surface area contributed by atoms with Crippen LogP contribution in [0.15, 0.2) is 24.3 Å². The SMILES string of the molecule is CNC(=O)[C@@H]1Cc2ccc(cc2)NCCCCC[C@H](C(=O)NO)[C@@H](CC(C)C)C(=O)N1. The number of hydrogen-bond acceptors (Lipinski definition) is 5. The summed E-state index contributed by atoms with van der Waals surface area (Å²) in [7, 11) is 1.54. The molecule has 172 valence electrons. The van der Waals surface area contributed by atoms with Crippen molar-refractivity contribution >= 4 is 23.4 Å². The Labute approximate surface area is 184 Å². The highest BCUT2D eigenvalue weighted by Crippen LogP contribution is 2.27. The molecule has 3 amide bonds. The minimum absolute atomic E-state index is 0.172. The number of amides is 3. The van der Waals surface area contributed by atoms with Crippen LogP contribution in [-0.2, 0) is 20.8 Å². The number of anilines is 1. The van der Waals surface area contributed by atoms with Crippen molar-refractivity contribution in [2.75, 3.05) is 18.9 Å². The third kappa shape index (κ3) is 7.54. The summed E-state index contributed by atoms with van der Waals surface area (Å²) in [5.41, 5.74) is 3.68. The molecule has 0 saturated heterocycles. The van der Waals surface area contributed by atoms with Gasteiger partial charge in [0, 0.05) is 31.6 Å². The summed E-state index contributed by atoms with van der Waals surface area (Å²) in [4.78, 5) is 38.3. The second-order valence-corrected chi connectivity index (χ2v) is 8.67. The highest BCUT2D eigenvalue weighted by molar-refractivity contribution is 5.91. The zero-order valence-corrected chi connectivity index (χ0v) is 18.7. The van der Waals surface area contributed by atoms with Gasteiger partial charge < -0.3 is 16.0 Å². The van der Waals surface area contributed by atoms with Crippen molar-refractivity contribution in [3.05, 3.63) is 29.8 Å². The highest BCUT2D eigenvalue weighted by Gasteiger charge is 2.35. The first-order valence-corrected chi connectivity index (χ1v) is 11.1. The lowest BCUT2D eigenvalue weighted by Gasteiger charge is -2.28. The molecule has 0 spiro atoms. The van der Waals surface area contributed by atoms with E-state index >= 15 is 0 Å². The molecule has 5 N–H and O–H groups in total. The molecule has 31 heavy (non-hydrogen) atoms. The quantitative estimate of drug-likeness (QED) is 0.369. The predicted molar refractivity (Wildman–Crippen MR) is 119 cm³/mol. The van der Waals surface area contributed by atoms with Crippen molar-refractivity contribution in [3.8, 4) is 0 Å². The normalized spacial score (nSPS) is 23.0. The predicted octanol–water partition coefficient (Wildman–Crippen LogP) is 2.23. The van der Waals surface area contributed by atoms with Crippen molar-refractivity contribution in [2.45, 2.75) is 58.4 Å². The van der Waals surface area contributed by atoms with Crippen LogP contribution in [0.5, 0.6) is 0 Å². The summed E-state index contributed by atoms with van der Waals surface area (Å²) in [6, 6.07) is 7.10. The van der Waals surface area contributed by atoms with Crippen LogP contribution in [0.25, 0.3) is 0 Å². The fraction of sp³-hybridized carbons (Fsp3) is 0.609. The average Bonchev–Trinajstić information content (AvgIpc) is 2.76. The van der Waals surface area contributed by atoms with E-state index in [1.54, 1.807) is 5.48 Å². The molecule has 2 heterocycles. The van der Waals surface area contributed by atoms with Crippen LogP contribution in [0, 0.1) is 17.8 Å². The molecule has 1 aromatic rings. The van der Waals surface area contributed by atoms with Crippen LogP contribution in [0.4, 0.5) is 5.69 Å². The zero-order chi connectivity index (χ0) is 22.8. The van der Waals surface area contributed by atoms with Crippen molar-refractivity contribution in [1.29, 1.82) is 0 Å². The average molecular weight is 433 g/mol. The van der Waals surface area contributed by atoms with E-state index in [0.717, 1.165) is 37.1 Å². The largest absolute Gasteiger partial charge is 0.385 e. The molecule has 3 rings (SSSR count). The number of benzene rings is 1.